The number of rotatable bonds is 3. The van der Waals surface area contributed by atoms with Crippen LogP contribution < -0.4 is 15.5 Å². The molecule has 0 atom stereocenters. The van der Waals surface area contributed by atoms with E-state index in [0.29, 0.717) is 13.1 Å². The fourth-order valence-corrected chi connectivity index (χ4v) is 2.27. The van der Waals surface area contributed by atoms with Crippen LogP contribution in [0.1, 0.15) is 13.8 Å². The normalized spacial score (nSPS) is 15.3. The summed E-state index contributed by atoms with van der Waals surface area (Å²) in [6, 6.07) is 5.94. The molecule has 1 amide bonds. The van der Waals surface area contributed by atoms with Crippen LogP contribution in [0.4, 0.5) is 11.4 Å². The molecule has 0 fully saturated rings. The fourth-order valence-electron chi connectivity index (χ4n) is 1.93. The number of hydrogen-bond acceptors (Lipinski definition) is 3. The first kappa shape index (κ1) is 13.4. The monoisotopic (exact) mass is 311 g/mol. The topological polar surface area (TPSA) is 44.4 Å². The Kier molecular flexibility index (Phi) is 3.64. The molecule has 0 spiro atoms. The highest BCUT2D eigenvalue weighted by Gasteiger charge is 2.29. The van der Waals surface area contributed by atoms with Crippen LogP contribution >= 0.6 is 15.9 Å². The molecule has 0 aliphatic carbocycles. The van der Waals surface area contributed by atoms with E-state index in [0.717, 1.165) is 15.8 Å². The number of fused-ring (bicyclic) bond motifs is 1. The van der Waals surface area contributed by atoms with Crippen molar-refractivity contribution in [2.45, 2.75) is 19.4 Å². The Labute approximate surface area is 116 Å². The summed E-state index contributed by atoms with van der Waals surface area (Å²) >= 11 is 3.45. The number of halogens is 1. The van der Waals surface area contributed by atoms with Gasteiger partial charge in [0.05, 0.1) is 17.9 Å². The van der Waals surface area contributed by atoms with Crippen molar-refractivity contribution in [1.29, 1.82) is 0 Å². The molecule has 1 aliphatic heterocycles. The SMILES string of the molecule is CNC(C)(C)CN1C(=O)CNc2ccc(Br)cc21. The maximum Gasteiger partial charge on any atom is 0.246 e. The van der Waals surface area contributed by atoms with Crippen LogP contribution in [0.3, 0.4) is 0 Å². The largest absolute Gasteiger partial charge is 0.374 e. The van der Waals surface area contributed by atoms with Crippen LogP contribution in [0.2, 0.25) is 0 Å². The van der Waals surface area contributed by atoms with Gasteiger partial charge in [0.25, 0.3) is 0 Å². The van der Waals surface area contributed by atoms with E-state index in [4.69, 9.17) is 0 Å². The third kappa shape index (κ3) is 2.67. The molecule has 0 radical (unpaired) electrons. The number of nitrogens with zero attached hydrogens (tertiary/aromatic N) is 1. The summed E-state index contributed by atoms with van der Waals surface area (Å²) in [4.78, 5) is 13.9. The smallest absolute Gasteiger partial charge is 0.246 e. The summed E-state index contributed by atoms with van der Waals surface area (Å²) < 4.78 is 0.977. The van der Waals surface area contributed by atoms with Crippen LogP contribution in [0, 0.1) is 0 Å². The molecule has 2 rings (SSSR count). The van der Waals surface area contributed by atoms with Gasteiger partial charge in [0.15, 0.2) is 0 Å². The molecule has 4 nitrogen and oxygen atoms in total. The van der Waals surface area contributed by atoms with Crippen molar-refractivity contribution in [1.82, 2.24) is 5.32 Å². The van der Waals surface area contributed by atoms with Crippen molar-refractivity contribution in [3.63, 3.8) is 0 Å². The molecule has 2 N–H and O–H groups in total. The van der Waals surface area contributed by atoms with Gasteiger partial charge in [-0.15, -0.1) is 0 Å². The molecule has 1 aliphatic rings. The Morgan fingerprint density at radius 1 is 1.50 bits per heavy atom. The number of likely N-dealkylation sites (N-methyl/N-ethyl adjacent to an activating group) is 1. The number of benzene rings is 1. The third-order valence-electron chi connectivity index (χ3n) is 3.21. The summed E-state index contributed by atoms with van der Waals surface area (Å²) in [5, 5.41) is 6.37. The van der Waals surface area contributed by atoms with E-state index < -0.39 is 0 Å². The predicted octanol–water partition coefficient (Wildman–Crippen LogP) is 2.21. The van der Waals surface area contributed by atoms with Gasteiger partial charge >= 0.3 is 0 Å². The summed E-state index contributed by atoms with van der Waals surface area (Å²) in [6.45, 7) is 5.17. The molecular formula is C13H18BrN3O. The van der Waals surface area contributed by atoms with Gasteiger partial charge in [-0.2, -0.15) is 0 Å². The molecule has 0 saturated carbocycles. The number of amides is 1. The molecule has 0 unspecified atom stereocenters. The van der Waals surface area contributed by atoms with E-state index in [2.05, 4.69) is 40.4 Å². The Balaban J connectivity index is 2.36. The summed E-state index contributed by atoms with van der Waals surface area (Å²) in [5.41, 5.74) is 1.82. The zero-order valence-electron chi connectivity index (χ0n) is 10.9. The Hall–Kier alpha value is -1.07. The molecular weight excluding hydrogens is 294 g/mol. The maximum atomic E-state index is 12.1. The van der Waals surface area contributed by atoms with Crippen LogP contribution in [0.5, 0.6) is 0 Å². The molecule has 1 heterocycles. The lowest BCUT2D eigenvalue weighted by atomic mass is 10.0. The minimum atomic E-state index is -0.118. The quantitative estimate of drug-likeness (QED) is 0.899. The second kappa shape index (κ2) is 4.90. The third-order valence-corrected chi connectivity index (χ3v) is 3.71. The van der Waals surface area contributed by atoms with Crippen LogP contribution in [0.25, 0.3) is 0 Å². The average molecular weight is 312 g/mol. The van der Waals surface area contributed by atoms with Crippen LogP contribution in [0.15, 0.2) is 22.7 Å². The van der Waals surface area contributed by atoms with Gasteiger partial charge in [-0.3, -0.25) is 4.79 Å². The molecule has 0 aromatic heterocycles. The molecule has 1 aromatic carbocycles. The highest BCUT2D eigenvalue weighted by Crippen LogP contribution is 2.33. The standard InChI is InChI=1S/C13H18BrN3O/c1-13(2,15-3)8-17-11-6-9(14)4-5-10(11)16-7-12(17)18/h4-6,15-16H,7-8H2,1-3H3. The average Bonchev–Trinajstić information content (AvgIpc) is 2.33. The van der Waals surface area contributed by atoms with E-state index >= 15 is 0 Å². The van der Waals surface area contributed by atoms with Gasteiger partial charge in [-0.25, -0.2) is 0 Å². The minimum Gasteiger partial charge on any atom is -0.374 e. The summed E-state index contributed by atoms with van der Waals surface area (Å²) in [5.74, 6) is 0.101. The number of anilines is 2. The van der Waals surface area contributed by atoms with Crippen molar-refractivity contribution < 1.29 is 4.79 Å². The Morgan fingerprint density at radius 3 is 2.89 bits per heavy atom. The summed E-state index contributed by atoms with van der Waals surface area (Å²) in [6.07, 6.45) is 0. The fraction of sp³-hybridized carbons (Fsp3) is 0.462. The Bertz CT molecular complexity index is 473. The highest BCUT2D eigenvalue weighted by molar-refractivity contribution is 9.10. The zero-order chi connectivity index (χ0) is 13.3. The first-order chi connectivity index (χ1) is 8.43. The first-order valence-electron chi connectivity index (χ1n) is 5.96. The first-order valence-corrected chi connectivity index (χ1v) is 6.75. The molecule has 5 heteroatoms. The van der Waals surface area contributed by atoms with Gasteiger partial charge in [0.2, 0.25) is 5.91 Å². The van der Waals surface area contributed by atoms with E-state index in [1.54, 1.807) is 0 Å². The second-order valence-corrected chi connectivity index (χ2v) is 6.04. The van der Waals surface area contributed by atoms with Crippen molar-refractivity contribution in [3.05, 3.63) is 22.7 Å². The van der Waals surface area contributed by atoms with Gasteiger partial charge in [0, 0.05) is 16.6 Å². The lowest BCUT2D eigenvalue weighted by molar-refractivity contribution is -0.117. The zero-order valence-corrected chi connectivity index (χ0v) is 12.5. The van der Waals surface area contributed by atoms with Crippen molar-refractivity contribution in [2.75, 3.05) is 30.4 Å². The Morgan fingerprint density at radius 2 is 2.22 bits per heavy atom. The van der Waals surface area contributed by atoms with Crippen LogP contribution in [-0.2, 0) is 4.79 Å². The summed E-state index contributed by atoms with van der Waals surface area (Å²) in [7, 11) is 1.91. The van der Waals surface area contributed by atoms with E-state index in [-0.39, 0.29) is 11.4 Å². The van der Waals surface area contributed by atoms with Gasteiger partial charge in [-0.1, -0.05) is 15.9 Å². The minimum absolute atomic E-state index is 0.101. The van der Waals surface area contributed by atoms with Crippen LogP contribution in [-0.4, -0.2) is 31.6 Å². The highest BCUT2D eigenvalue weighted by atomic mass is 79.9. The van der Waals surface area contributed by atoms with Gasteiger partial charge in [0.1, 0.15) is 0 Å². The molecule has 1 aromatic rings. The van der Waals surface area contributed by atoms with Crippen molar-refractivity contribution in [2.24, 2.45) is 0 Å². The van der Waals surface area contributed by atoms with E-state index in [1.165, 1.54) is 0 Å². The van der Waals surface area contributed by atoms with E-state index in [9.17, 15) is 4.79 Å². The predicted molar refractivity (Wildman–Crippen MR) is 78.1 cm³/mol. The van der Waals surface area contributed by atoms with Gasteiger partial charge in [-0.05, 0) is 39.1 Å². The van der Waals surface area contributed by atoms with Crippen molar-refractivity contribution >= 4 is 33.2 Å². The van der Waals surface area contributed by atoms with E-state index in [1.807, 2.05) is 30.1 Å². The molecule has 18 heavy (non-hydrogen) atoms. The molecule has 98 valence electrons. The maximum absolute atomic E-state index is 12.1. The van der Waals surface area contributed by atoms with Gasteiger partial charge < -0.3 is 15.5 Å². The number of carbonyl (C=O) groups excluding carboxylic acids is 1. The molecule has 0 bridgehead atoms. The van der Waals surface area contributed by atoms with Crippen molar-refractivity contribution in [3.8, 4) is 0 Å². The lowest BCUT2D eigenvalue weighted by Crippen LogP contribution is -2.52. The number of hydrogen-bond donors (Lipinski definition) is 2. The second-order valence-electron chi connectivity index (χ2n) is 5.13. The number of carbonyl (C=O) groups is 1. The molecule has 0 saturated heterocycles. The lowest BCUT2D eigenvalue weighted by Gasteiger charge is -2.36. The number of nitrogens with one attached hydrogen (secondary N) is 2.